The van der Waals surface area contributed by atoms with Crippen molar-refractivity contribution in [3.05, 3.63) is 122 Å². The van der Waals surface area contributed by atoms with Crippen LogP contribution in [0.5, 0.6) is 0 Å². The van der Waals surface area contributed by atoms with Crippen LogP contribution in [0.25, 0.3) is 5.57 Å². The van der Waals surface area contributed by atoms with Crippen LogP contribution in [0.15, 0.2) is 88.9 Å². The van der Waals surface area contributed by atoms with Crippen molar-refractivity contribution >= 4 is 37.4 Å². The molecule has 204 valence electrons. The fraction of sp³-hybridized carbons (Fsp3) is 0.405. The highest BCUT2D eigenvalue weighted by Gasteiger charge is 2.48. The molecule has 3 aromatic carbocycles. The average Bonchev–Trinajstić information content (AvgIpc) is 3.23. The zero-order valence-electron chi connectivity index (χ0n) is 23.6. The molecule has 0 saturated heterocycles. The minimum atomic E-state index is -0.285. The van der Waals surface area contributed by atoms with Gasteiger partial charge in [0.05, 0.1) is 5.41 Å². The molecule has 0 aliphatic heterocycles. The molecular formula is C37H42Br2. The van der Waals surface area contributed by atoms with Gasteiger partial charge in [0.15, 0.2) is 0 Å². The number of aryl methyl sites for hydroxylation is 2. The molecule has 2 aliphatic carbocycles. The van der Waals surface area contributed by atoms with Crippen molar-refractivity contribution in [1.82, 2.24) is 0 Å². The maximum absolute atomic E-state index is 3.96. The lowest BCUT2D eigenvalue weighted by Gasteiger charge is -2.37. The molecule has 2 aliphatic rings. The Hall–Kier alpha value is -1.90. The van der Waals surface area contributed by atoms with Crippen LogP contribution in [0.1, 0.15) is 105 Å². The van der Waals surface area contributed by atoms with Crippen molar-refractivity contribution < 1.29 is 0 Å². The first-order valence-electron chi connectivity index (χ1n) is 15.1. The van der Waals surface area contributed by atoms with Crippen molar-refractivity contribution in [2.24, 2.45) is 0 Å². The Bertz CT molecular complexity index is 1260. The van der Waals surface area contributed by atoms with Crippen molar-refractivity contribution in [1.29, 1.82) is 0 Å². The summed E-state index contributed by atoms with van der Waals surface area (Å²) in [5.74, 6) is 0. The molecule has 0 nitrogen and oxygen atoms in total. The van der Waals surface area contributed by atoms with Crippen molar-refractivity contribution in [3.8, 4) is 0 Å². The lowest BCUT2D eigenvalue weighted by atomic mass is 9.65. The summed E-state index contributed by atoms with van der Waals surface area (Å²) in [6.07, 6.45) is 18.5. The quantitative estimate of drug-likeness (QED) is 0.136. The fourth-order valence-corrected chi connectivity index (χ4v) is 7.52. The third kappa shape index (κ3) is 5.94. The second-order valence-corrected chi connectivity index (χ2v) is 13.5. The summed E-state index contributed by atoms with van der Waals surface area (Å²) >= 11 is 7.79. The maximum atomic E-state index is 3.96. The van der Waals surface area contributed by atoms with E-state index in [0.29, 0.717) is 4.83 Å². The van der Waals surface area contributed by atoms with E-state index >= 15 is 0 Å². The molecule has 3 aromatic rings. The normalized spacial score (nSPS) is 17.4. The minimum Gasteiger partial charge on any atom is -0.0842 e. The van der Waals surface area contributed by atoms with E-state index in [1.54, 1.807) is 0 Å². The zero-order valence-corrected chi connectivity index (χ0v) is 26.8. The number of benzene rings is 3. The van der Waals surface area contributed by atoms with E-state index in [9.17, 15) is 0 Å². The summed E-state index contributed by atoms with van der Waals surface area (Å²) < 4.78 is 1.14. The Balaban J connectivity index is 1.60. The number of unbranched alkanes of at least 4 members (excludes halogenated alkanes) is 6. The van der Waals surface area contributed by atoms with Crippen LogP contribution in [0.3, 0.4) is 0 Å². The lowest BCUT2D eigenvalue weighted by molar-refractivity contribution is 0.664. The highest BCUT2D eigenvalue weighted by Crippen LogP contribution is 2.58. The Kier molecular flexibility index (Phi) is 9.67. The predicted molar refractivity (Wildman–Crippen MR) is 176 cm³/mol. The minimum absolute atomic E-state index is 0.285. The maximum Gasteiger partial charge on any atom is 0.0677 e. The van der Waals surface area contributed by atoms with Crippen LogP contribution in [0.4, 0.5) is 0 Å². The number of halogens is 2. The van der Waals surface area contributed by atoms with Gasteiger partial charge in [-0.3, -0.25) is 0 Å². The SMILES string of the molecule is CCCCCCc1ccc(C2(c3ccc(CCCCCC)cc3)C3=C(C=CC(Br)C3)c3ccc(Br)cc32)cc1. The first kappa shape index (κ1) is 28.6. The molecule has 1 unspecified atom stereocenters. The molecular weight excluding hydrogens is 604 g/mol. The van der Waals surface area contributed by atoms with Gasteiger partial charge in [0.1, 0.15) is 0 Å². The average molecular weight is 647 g/mol. The molecule has 2 heteroatoms. The lowest BCUT2D eigenvalue weighted by Crippen LogP contribution is -2.31. The zero-order chi connectivity index (χ0) is 27.2. The van der Waals surface area contributed by atoms with Gasteiger partial charge in [-0.05, 0) is 88.8 Å². The van der Waals surface area contributed by atoms with Gasteiger partial charge in [-0.2, -0.15) is 0 Å². The first-order valence-corrected chi connectivity index (χ1v) is 16.8. The summed E-state index contributed by atoms with van der Waals surface area (Å²) in [5, 5.41) is 0. The van der Waals surface area contributed by atoms with Gasteiger partial charge in [0.25, 0.3) is 0 Å². The number of fused-ring (bicyclic) bond motifs is 2. The second kappa shape index (κ2) is 13.2. The van der Waals surface area contributed by atoms with Crippen LogP contribution in [0, 0.1) is 0 Å². The third-order valence-corrected chi connectivity index (χ3v) is 9.86. The molecule has 0 spiro atoms. The molecule has 0 saturated carbocycles. The molecule has 0 amide bonds. The summed E-state index contributed by atoms with van der Waals surface area (Å²) in [4.78, 5) is 0.351. The van der Waals surface area contributed by atoms with E-state index < -0.39 is 0 Å². The highest BCUT2D eigenvalue weighted by molar-refractivity contribution is 9.10. The van der Waals surface area contributed by atoms with E-state index in [1.165, 1.54) is 109 Å². The Morgan fingerprint density at radius 1 is 0.718 bits per heavy atom. The van der Waals surface area contributed by atoms with Crippen LogP contribution in [0.2, 0.25) is 0 Å². The molecule has 39 heavy (non-hydrogen) atoms. The second-order valence-electron chi connectivity index (χ2n) is 11.4. The molecule has 5 rings (SSSR count). The third-order valence-electron chi connectivity index (χ3n) is 8.74. The molecule has 0 heterocycles. The van der Waals surface area contributed by atoms with Crippen LogP contribution >= 0.6 is 31.9 Å². The van der Waals surface area contributed by atoms with Gasteiger partial charge in [-0.1, -0.05) is 151 Å². The largest absolute Gasteiger partial charge is 0.0842 e. The van der Waals surface area contributed by atoms with Gasteiger partial charge in [0.2, 0.25) is 0 Å². The predicted octanol–water partition coefficient (Wildman–Crippen LogP) is 11.5. The van der Waals surface area contributed by atoms with Gasteiger partial charge >= 0.3 is 0 Å². The van der Waals surface area contributed by atoms with Gasteiger partial charge in [0, 0.05) is 9.30 Å². The Morgan fingerprint density at radius 3 is 1.82 bits per heavy atom. The summed E-state index contributed by atoms with van der Waals surface area (Å²) in [5.41, 5.74) is 11.1. The van der Waals surface area contributed by atoms with E-state index in [2.05, 4.69) is 125 Å². The number of hydrogen-bond acceptors (Lipinski definition) is 0. The van der Waals surface area contributed by atoms with Crippen molar-refractivity contribution in [3.63, 3.8) is 0 Å². The highest BCUT2D eigenvalue weighted by atomic mass is 79.9. The fourth-order valence-electron chi connectivity index (χ4n) is 6.69. The number of hydrogen-bond donors (Lipinski definition) is 0. The molecule has 0 N–H and O–H groups in total. The van der Waals surface area contributed by atoms with E-state index in [0.717, 1.165) is 10.9 Å². The molecule has 1 atom stereocenters. The topological polar surface area (TPSA) is 0 Å². The van der Waals surface area contributed by atoms with E-state index in [4.69, 9.17) is 0 Å². The molecule has 0 radical (unpaired) electrons. The molecule has 0 aromatic heterocycles. The number of allylic oxidation sites excluding steroid dienone is 4. The van der Waals surface area contributed by atoms with Gasteiger partial charge in [-0.15, -0.1) is 0 Å². The Labute approximate surface area is 253 Å². The summed E-state index contributed by atoms with van der Waals surface area (Å²) in [6, 6.07) is 26.2. The van der Waals surface area contributed by atoms with Crippen LogP contribution in [-0.4, -0.2) is 4.83 Å². The van der Waals surface area contributed by atoms with E-state index in [1.807, 2.05) is 0 Å². The van der Waals surface area contributed by atoms with Crippen LogP contribution in [-0.2, 0) is 18.3 Å². The van der Waals surface area contributed by atoms with Gasteiger partial charge < -0.3 is 0 Å². The first-order chi connectivity index (χ1) is 19.1. The van der Waals surface area contributed by atoms with Gasteiger partial charge in [-0.25, -0.2) is 0 Å². The summed E-state index contributed by atoms with van der Waals surface area (Å²) in [6.45, 7) is 4.57. The van der Waals surface area contributed by atoms with Crippen LogP contribution < -0.4 is 0 Å². The standard InChI is InChI=1S/C37H42Br2/c1-3-5-7-9-11-27-13-17-29(18-14-27)37(30-19-15-28(16-20-30)12-10-8-6-4-2)35-25-31(38)21-23-33(35)34-24-22-32(39)26-36(34)37/h13-25,32H,3-12,26H2,1-2H3. The molecule has 0 fully saturated rings. The van der Waals surface area contributed by atoms with Crippen molar-refractivity contribution in [2.75, 3.05) is 0 Å². The van der Waals surface area contributed by atoms with E-state index in [-0.39, 0.29) is 5.41 Å². The smallest absolute Gasteiger partial charge is 0.0677 e. The number of alkyl halides is 1. The van der Waals surface area contributed by atoms with Crippen molar-refractivity contribution in [2.45, 2.75) is 94.7 Å². The number of rotatable bonds is 12. The summed E-state index contributed by atoms with van der Waals surface area (Å²) in [7, 11) is 0. The molecule has 0 bridgehead atoms. The Morgan fingerprint density at radius 2 is 1.28 bits per heavy atom. The monoisotopic (exact) mass is 644 g/mol.